The van der Waals surface area contributed by atoms with Gasteiger partial charge in [0.05, 0.1) is 24.3 Å². The number of nitrogens with zero attached hydrogens (tertiary/aromatic N) is 5. The van der Waals surface area contributed by atoms with E-state index in [4.69, 9.17) is 4.74 Å². The Labute approximate surface area is 150 Å². The van der Waals surface area contributed by atoms with Gasteiger partial charge in [0.25, 0.3) is 0 Å². The maximum absolute atomic E-state index is 11.4. The number of fused-ring (bicyclic) bond motifs is 1. The van der Waals surface area contributed by atoms with Crippen molar-refractivity contribution in [2.45, 2.75) is 31.4 Å². The fraction of sp³-hybridized carbons (Fsp3) is 0.333. The standard InChI is InChI=1S/C18H20N6O2/c1-4-16(25)21-13-7-18(2,8-13)26-17-15-5-6-19-24(15)11-14(22-17)12-9-20-23(3)10-12/h4-6,9-11,13H,1,7-8H2,2-3H3,(H,21,25). The lowest BCUT2D eigenvalue weighted by Crippen LogP contribution is -2.56. The monoisotopic (exact) mass is 352 g/mol. The molecule has 8 heteroatoms. The molecule has 1 saturated carbocycles. The normalized spacial score (nSPS) is 22.0. The Hall–Kier alpha value is -3.16. The number of nitrogens with one attached hydrogen (secondary N) is 1. The van der Waals surface area contributed by atoms with Gasteiger partial charge in [0.1, 0.15) is 11.1 Å². The van der Waals surface area contributed by atoms with Gasteiger partial charge in [-0.05, 0) is 19.1 Å². The van der Waals surface area contributed by atoms with E-state index in [1.807, 2.05) is 32.4 Å². The Kier molecular flexibility index (Phi) is 3.75. The first-order valence-electron chi connectivity index (χ1n) is 8.41. The highest BCUT2D eigenvalue weighted by atomic mass is 16.5. The second-order valence-electron chi connectivity index (χ2n) is 6.86. The van der Waals surface area contributed by atoms with Crippen LogP contribution < -0.4 is 10.1 Å². The summed E-state index contributed by atoms with van der Waals surface area (Å²) in [6, 6.07) is 1.96. The van der Waals surface area contributed by atoms with Crippen molar-refractivity contribution < 1.29 is 9.53 Å². The molecule has 1 aliphatic rings. The summed E-state index contributed by atoms with van der Waals surface area (Å²) >= 11 is 0. The second-order valence-corrected chi connectivity index (χ2v) is 6.86. The average molecular weight is 352 g/mol. The molecule has 0 bridgehead atoms. The minimum Gasteiger partial charge on any atom is -0.470 e. The van der Waals surface area contributed by atoms with Crippen molar-refractivity contribution in [1.82, 2.24) is 29.7 Å². The largest absolute Gasteiger partial charge is 0.470 e. The third-order valence-corrected chi connectivity index (χ3v) is 4.59. The van der Waals surface area contributed by atoms with Gasteiger partial charge < -0.3 is 10.1 Å². The average Bonchev–Trinajstić information content (AvgIpc) is 3.21. The highest BCUT2D eigenvalue weighted by Crippen LogP contribution is 2.37. The molecule has 4 rings (SSSR count). The summed E-state index contributed by atoms with van der Waals surface area (Å²) in [6.45, 7) is 5.50. The van der Waals surface area contributed by atoms with Gasteiger partial charge in [0, 0.05) is 37.7 Å². The molecule has 0 radical (unpaired) electrons. The van der Waals surface area contributed by atoms with Crippen LogP contribution in [-0.4, -0.2) is 41.9 Å². The summed E-state index contributed by atoms with van der Waals surface area (Å²) in [5.41, 5.74) is 2.05. The summed E-state index contributed by atoms with van der Waals surface area (Å²) < 4.78 is 9.73. The Bertz CT molecular complexity index is 983. The smallest absolute Gasteiger partial charge is 0.243 e. The first-order valence-corrected chi connectivity index (χ1v) is 8.41. The molecule has 0 spiro atoms. The lowest BCUT2D eigenvalue weighted by molar-refractivity contribution is -0.119. The quantitative estimate of drug-likeness (QED) is 0.707. The molecule has 1 N–H and O–H groups in total. The lowest BCUT2D eigenvalue weighted by atomic mass is 9.77. The molecule has 0 unspecified atom stereocenters. The first kappa shape index (κ1) is 16.3. The van der Waals surface area contributed by atoms with Crippen molar-refractivity contribution in [2.75, 3.05) is 0 Å². The van der Waals surface area contributed by atoms with Gasteiger partial charge in [0.15, 0.2) is 0 Å². The fourth-order valence-electron chi connectivity index (χ4n) is 3.33. The Morgan fingerprint density at radius 3 is 2.92 bits per heavy atom. The van der Waals surface area contributed by atoms with Crippen molar-refractivity contribution in [3.05, 3.63) is 43.5 Å². The van der Waals surface area contributed by atoms with E-state index >= 15 is 0 Å². The van der Waals surface area contributed by atoms with Gasteiger partial charge in [-0.25, -0.2) is 9.50 Å². The van der Waals surface area contributed by atoms with Crippen LogP contribution in [-0.2, 0) is 11.8 Å². The summed E-state index contributed by atoms with van der Waals surface area (Å²) in [7, 11) is 1.86. The molecule has 1 fully saturated rings. The Balaban J connectivity index is 1.59. The Morgan fingerprint density at radius 2 is 2.23 bits per heavy atom. The number of amides is 1. The van der Waals surface area contributed by atoms with Crippen LogP contribution >= 0.6 is 0 Å². The van der Waals surface area contributed by atoms with Crippen LogP contribution in [0.4, 0.5) is 0 Å². The van der Waals surface area contributed by atoms with Crippen molar-refractivity contribution in [1.29, 1.82) is 0 Å². The topological polar surface area (TPSA) is 86.3 Å². The third kappa shape index (κ3) is 2.94. The predicted molar refractivity (Wildman–Crippen MR) is 95.6 cm³/mol. The fourth-order valence-corrected chi connectivity index (χ4v) is 3.33. The molecular formula is C18H20N6O2. The highest BCUT2D eigenvalue weighted by Gasteiger charge is 2.43. The van der Waals surface area contributed by atoms with Crippen LogP contribution in [0.1, 0.15) is 19.8 Å². The van der Waals surface area contributed by atoms with Gasteiger partial charge in [0.2, 0.25) is 11.8 Å². The number of rotatable bonds is 5. The van der Waals surface area contributed by atoms with Gasteiger partial charge in [-0.1, -0.05) is 6.58 Å². The van der Waals surface area contributed by atoms with Gasteiger partial charge in [-0.2, -0.15) is 10.2 Å². The van der Waals surface area contributed by atoms with Crippen molar-refractivity contribution in [2.24, 2.45) is 7.05 Å². The molecule has 0 atom stereocenters. The van der Waals surface area contributed by atoms with E-state index < -0.39 is 0 Å². The van der Waals surface area contributed by atoms with E-state index in [2.05, 4.69) is 27.1 Å². The molecule has 3 aromatic heterocycles. The zero-order valence-electron chi connectivity index (χ0n) is 14.7. The van der Waals surface area contributed by atoms with Crippen LogP contribution in [0.25, 0.3) is 16.8 Å². The molecule has 0 saturated heterocycles. The SMILES string of the molecule is C=CC(=O)NC1CC(C)(Oc2nc(-c3cnn(C)c3)cn3nccc23)C1. The van der Waals surface area contributed by atoms with E-state index in [9.17, 15) is 4.79 Å². The predicted octanol–water partition coefficient (Wildman–Crippen LogP) is 1.73. The van der Waals surface area contributed by atoms with Crippen LogP contribution in [0.3, 0.4) is 0 Å². The van der Waals surface area contributed by atoms with Crippen LogP contribution in [0.5, 0.6) is 5.88 Å². The molecule has 3 heterocycles. The minimum absolute atomic E-state index is 0.0907. The zero-order valence-corrected chi connectivity index (χ0v) is 14.7. The first-order chi connectivity index (χ1) is 12.5. The van der Waals surface area contributed by atoms with Crippen molar-refractivity contribution in [3.8, 4) is 17.1 Å². The number of carbonyl (C=O) groups is 1. The van der Waals surface area contributed by atoms with E-state index in [1.165, 1.54) is 6.08 Å². The van der Waals surface area contributed by atoms with Crippen LogP contribution in [0.2, 0.25) is 0 Å². The van der Waals surface area contributed by atoms with Crippen molar-refractivity contribution in [3.63, 3.8) is 0 Å². The number of hydrogen-bond donors (Lipinski definition) is 1. The molecule has 1 amide bonds. The highest BCUT2D eigenvalue weighted by molar-refractivity contribution is 5.87. The Morgan fingerprint density at radius 1 is 1.42 bits per heavy atom. The summed E-state index contributed by atoms with van der Waals surface area (Å²) in [5.74, 6) is 0.367. The van der Waals surface area contributed by atoms with E-state index in [0.717, 1.165) is 16.8 Å². The molecule has 3 aromatic rings. The number of carbonyl (C=O) groups excluding carboxylic acids is 1. The number of aromatic nitrogens is 5. The van der Waals surface area contributed by atoms with E-state index in [1.54, 1.807) is 21.6 Å². The van der Waals surface area contributed by atoms with Crippen LogP contribution in [0, 0.1) is 0 Å². The molecule has 26 heavy (non-hydrogen) atoms. The van der Waals surface area contributed by atoms with Crippen LogP contribution in [0.15, 0.2) is 43.5 Å². The summed E-state index contributed by atoms with van der Waals surface area (Å²) in [4.78, 5) is 16.1. The number of ether oxygens (including phenoxy) is 1. The number of aryl methyl sites for hydroxylation is 1. The maximum atomic E-state index is 11.4. The second kappa shape index (κ2) is 5.98. The number of hydrogen-bond acceptors (Lipinski definition) is 5. The molecular weight excluding hydrogens is 332 g/mol. The van der Waals surface area contributed by atoms with E-state index in [0.29, 0.717) is 18.7 Å². The van der Waals surface area contributed by atoms with Crippen molar-refractivity contribution >= 4 is 11.4 Å². The zero-order chi connectivity index (χ0) is 18.3. The molecule has 8 nitrogen and oxygen atoms in total. The molecule has 0 aromatic carbocycles. The lowest BCUT2D eigenvalue weighted by Gasteiger charge is -2.44. The maximum Gasteiger partial charge on any atom is 0.243 e. The summed E-state index contributed by atoms with van der Waals surface area (Å²) in [6.07, 6.45) is 9.94. The molecule has 1 aliphatic carbocycles. The molecule has 0 aliphatic heterocycles. The van der Waals surface area contributed by atoms with E-state index in [-0.39, 0.29) is 17.6 Å². The van der Waals surface area contributed by atoms with Gasteiger partial charge in [-0.3, -0.25) is 9.48 Å². The van der Waals surface area contributed by atoms with Gasteiger partial charge in [-0.15, -0.1) is 0 Å². The summed E-state index contributed by atoms with van der Waals surface area (Å²) in [5, 5.41) is 11.4. The minimum atomic E-state index is -0.384. The third-order valence-electron chi connectivity index (χ3n) is 4.59. The van der Waals surface area contributed by atoms with Gasteiger partial charge >= 0.3 is 0 Å². The molecule has 134 valence electrons.